The Labute approximate surface area is 141 Å². The first-order chi connectivity index (χ1) is 9.19. The van der Waals surface area contributed by atoms with Gasteiger partial charge in [0.15, 0.2) is 5.96 Å². The van der Waals surface area contributed by atoms with Crippen molar-refractivity contribution < 1.29 is 0 Å². The molecule has 118 valence electrons. The summed E-state index contributed by atoms with van der Waals surface area (Å²) in [6, 6.07) is 0. The van der Waals surface area contributed by atoms with Gasteiger partial charge in [0.25, 0.3) is 0 Å². The van der Waals surface area contributed by atoms with Crippen LogP contribution >= 0.6 is 24.0 Å². The average molecular weight is 394 g/mol. The van der Waals surface area contributed by atoms with E-state index in [4.69, 9.17) is 0 Å². The summed E-state index contributed by atoms with van der Waals surface area (Å²) in [6.07, 6.45) is 5.35. The van der Waals surface area contributed by atoms with Gasteiger partial charge >= 0.3 is 0 Å². The van der Waals surface area contributed by atoms with E-state index in [-0.39, 0.29) is 24.0 Å². The molecule has 2 atom stereocenters. The van der Waals surface area contributed by atoms with Gasteiger partial charge < -0.3 is 15.1 Å². The van der Waals surface area contributed by atoms with E-state index in [1.165, 1.54) is 38.8 Å². The largest absolute Gasteiger partial charge is 0.356 e. The minimum absolute atomic E-state index is 0. The van der Waals surface area contributed by atoms with Crippen molar-refractivity contribution in [1.29, 1.82) is 0 Å². The normalized spacial score (nSPS) is 28.9. The van der Waals surface area contributed by atoms with Crippen LogP contribution in [0.4, 0.5) is 0 Å². The predicted molar refractivity (Wildman–Crippen MR) is 97.0 cm³/mol. The molecule has 2 aliphatic heterocycles. The topological polar surface area (TPSA) is 30.9 Å². The smallest absolute Gasteiger partial charge is 0.193 e. The maximum atomic E-state index is 4.47. The molecular formula is C15H31IN4. The SMILES string of the molecule is CN=C(NCC1CCCN(C)C1)N1CCCC(C)C1.I. The van der Waals surface area contributed by atoms with Gasteiger partial charge in [-0.15, -0.1) is 24.0 Å². The summed E-state index contributed by atoms with van der Waals surface area (Å²) in [5.74, 6) is 2.69. The Bertz CT molecular complexity index is 308. The number of piperidine rings is 2. The highest BCUT2D eigenvalue weighted by Crippen LogP contribution is 2.16. The Morgan fingerprint density at radius 1 is 1.20 bits per heavy atom. The lowest BCUT2D eigenvalue weighted by Gasteiger charge is -2.35. The second-order valence-corrected chi connectivity index (χ2v) is 6.39. The van der Waals surface area contributed by atoms with E-state index in [9.17, 15) is 0 Å². The van der Waals surface area contributed by atoms with Crippen molar-refractivity contribution >= 4 is 29.9 Å². The molecule has 0 amide bonds. The molecule has 0 bridgehead atoms. The molecule has 2 heterocycles. The fraction of sp³-hybridized carbons (Fsp3) is 0.933. The van der Waals surface area contributed by atoms with Gasteiger partial charge in [-0.25, -0.2) is 0 Å². The molecule has 1 N–H and O–H groups in total. The molecule has 0 aromatic carbocycles. The summed E-state index contributed by atoms with van der Waals surface area (Å²) in [6.45, 7) is 8.21. The molecule has 0 saturated carbocycles. The zero-order valence-electron chi connectivity index (χ0n) is 13.3. The molecule has 2 aliphatic rings. The summed E-state index contributed by atoms with van der Waals surface area (Å²) in [5, 5.41) is 3.60. The van der Waals surface area contributed by atoms with Gasteiger partial charge in [0.2, 0.25) is 0 Å². The number of guanidine groups is 1. The monoisotopic (exact) mass is 394 g/mol. The number of halogens is 1. The maximum absolute atomic E-state index is 4.47. The average Bonchev–Trinajstić information content (AvgIpc) is 2.40. The van der Waals surface area contributed by atoms with Gasteiger partial charge in [-0.1, -0.05) is 6.92 Å². The standard InChI is InChI=1S/C15H30N4.HI/c1-13-6-4-9-19(11-13)15(16-2)17-10-14-7-5-8-18(3)12-14;/h13-14H,4-12H2,1-3H3,(H,16,17);1H. The van der Waals surface area contributed by atoms with Gasteiger partial charge in [-0.05, 0) is 51.1 Å². The fourth-order valence-electron chi connectivity index (χ4n) is 3.39. The maximum Gasteiger partial charge on any atom is 0.193 e. The van der Waals surface area contributed by atoms with Crippen LogP contribution in [0.3, 0.4) is 0 Å². The van der Waals surface area contributed by atoms with E-state index in [2.05, 4.69) is 34.1 Å². The number of hydrogen-bond donors (Lipinski definition) is 1. The highest BCUT2D eigenvalue weighted by Gasteiger charge is 2.21. The quantitative estimate of drug-likeness (QED) is 0.443. The molecule has 0 spiro atoms. The molecule has 5 heteroatoms. The lowest BCUT2D eigenvalue weighted by atomic mass is 9.98. The Kier molecular flexibility index (Phi) is 8.17. The van der Waals surface area contributed by atoms with E-state index in [1.807, 2.05) is 7.05 Å². The van der Waals surface area contributed by atoms with Crippen LogP contribution in [0, 0.1) is 11.8 Å². The van der Waals surface area contributed by atoms with Crippen LogP contribution in [0.25, 0.3) is 0 Å². The fourth-order valence-corrected chi connectivity index (χ4v) is 3.39. The molecule has 2 saturated heterocycles. The first-order valence-corrected chi connectivity index (χ1v) is 7.83. The van der Waals surface area contributed by atoms with Crippen LogP contribution in [0.15, 0.2) is 4.99 Å². The number of nitrogens with one attached hydrogen (secondary N) is 1. The predicted octanol–water partition coefficient (Wildman–Crippen LogP) is 2.25. The number of likely N-dealkylation sites (tertiary alicyclic amines) is 2. The minimum atomic E-state index is 0. The Morgan fingerprint density at radius 2 is 1.95 bits per heavy atom. The van der Waals surface area contributed by atoms with Crippen molar-refractivity contribution in [3.63, 3.8) is 0 Å². The van der Waals surface area contributed by atoms with Gasteiger partial charge in [0.1, 0.15) is 0 Å². The van der Waals surface area contributed by atoms with Crippen LogP contribution in [-0.4, -0.2) is 62.6 Å². The van der Waals surface area contributed by atoms with Crippen LogP contribution in [-0.2, 0) is 0 Å². The highest BCUT2D eigenvalue weighted by atomic mass is 127. The van der Waals surface area contributed by atoms with Gasteiger partial charge in [0.05, 0.1) is 0 Å². The van der Waals surface area contributed by atoms with Gasteiger partial charge in [-0.3, -0.25) is 4.99 Å². The molecule has 4 nitrogen and oxygen atoms in total. The van der Waals surface area contributed by atoms with Crippen LogP contribution in [0.1, 0.15) is 32.6 Å². The van der Waals surface area contributed by atoms with Crippen molar-refractivity contribution in [3.8, 4) is 0 Å². The molecule has 0 aliphatic carbocycles. The summed E-state index contributed by atoms with van der Waals surface area (Å²) in [4.78, 5) is 9.34. The Morgan fingerprint density at radius 3 is 2.60 bits per heavy atom. The third-order valence-electron chi connectivity index (χ3n) is 4.44. The lowest BCUT2D eigenvalue weighted by molar-refractivity contribution is 0.207. The van der Waals surface area contributed by atoms with E-state index in [0.29, 0.717) is 0 Å². The van der Waals surface area contributed by atoms with Crippen molar-refractivity contribution in [3.05, 3.63) is 0 Å². The molecule has 2 fully saturated rings. The van der Waals surface area contributed by atoms with E-state index >= 15 is 0 Å². The number of nitrogens with zero attached hydrogens (tertiary/aromatic N) is 3. The highest BCUT2D eigenvalue weighted by molar-refractivity contribution is 14.0. The molecule has 0 radical (unpaired) electrons. The van der Waals surface area contributed by atoms with Gasteiger partial charge in [-0.2, -0.15) is 0 Å². The molecule has 20 heavy (non-hydrogen) atoms. The Balaban J connectivity index is 0.00000200. The van der Waals surface area contributed by atoms with Crippen molar-refractivity contribution in [2.45, 2.75) is 32.6 Å². The first-order valence-electron chi connectivity index (χ1n) is 7.83. The van der Waals surface area contributed by atoms with Crippen molar-refractivity contribution in [2.75, 3.05) is 46.8 Å². The number of hydrogen-bond acceptors (Lipinski definition) is 2. The molecule has 2 unspecified atom stereocenters. The van der Waals surface area contributed by atoms with Gasteiger partial charge in [0, 0.05) is 33.2 Å². The zero-order chi connectivity index (χ0) is 13.7. The molecular weight excluding hydrogens is 363 g/mol. The second kappa shape index (κ2) is 9.07. The number of aliphatic imine (C=N–C) groups is 1. The summed E-state index contributed by atoms with van der Waals surface area (Å²) in [5.41, 5.74) is 0. The van der Waals surface area contributed by atoms with Crippen LogP contribution in [0.5, 0.6) is 0 Å². The first kappa shape index (κ1) is 18.0. The lowest BCUT2D eigenvalue weighted by Crippen LogP contribution is -2.48. The van der Waals surface area contributed by atoms with Crippen molar-refractivity contribution in [1.82, 2.24) is 15.1 Å². The number of rotatable bonds is 2. The molecule has 2 rings (SSSR count). The third-order valence-corrected chi connectivity index (χ3v) is 4.44. The van der Waals surface area contributed by atoms with E-state index in [1.54, 1.807) is 0 Å². The summed E-state index contributed by atoms with van der Waals surface area (Å²) in [7, 11) is 4.14. The molecule has 0 aromatic heterocycles. The van der Waals surface area contributed by atoms with E-state index in [0.717, 1.165) is 37.4 Å². The zero-order valence-corrected chi connectivity index (χ0v) is 15.6. The van der Waals surface area contributed by atoms with Crippen molar-refractivity contribution in [2.24, 2.45) is 16.8 Å². The van der Waals surface area contributed by atoms with E-state index < -0.39 is 0 Å². The molecule has 0 aromatic rings. The van der Waals surface area contributed by atoms with Crippen LogP contribution in [0.2, 0.25) is 0 Å². The third kappa shape index (κ3) is 5.39. The Hall–Kier alpha value is -0.0400. The second-order valence-electron chi connectivity index (χ2n) is 6.39. The minimum Gasteiger partial charge on any atom is -0.356 e. The summed E-state index contributed by atoms with van der Waals surface area (Å²) >= 11 is 0. The summed E-state index contributed by atoms with van der Waals surface area (Å²) < 4.78 is 0. The van der Waals surface area contributed by atoms with Crippen LogP contribution < -0.4 is 5.32 Å².